The number of nitrogens with one attached hydrogen (secondary N) is 2. The van der Waals surface area contributed by atoms with Crippen molar-refractivity contribution in [3.63, 3.8) is 0 Å². The summed E-state index contributed by atoms with van der Waals surface area (Å²) < 4.78 is 33.2. The van der Waals surface area contributed by atoms with Gasteiger partial charge in [0.05, 0.1) is 19.5 Å². The van der Waals surface area contributed by atoms with Crippen LogP contribution in [-0.2, 0) is 16.6 Å². The maximum absolute atomic E-state index is 12.3. The molecule has 8 heteroatoms. The van der Waals surface area contributed by atoms with Crippen molar-refractivity contribution in [2.45, 2.75) is 18.4 Å². The van der Waals surface area contributed by atoms with Crippen molar-refractivity contribution in [1.82, 2.24) is 14.7 Å². The highest BCUT2D eigenvalue weighted by Gasteiger charge is 2.20. The lowest BCUT2D eigenvalue weighted by atomic mass is 10.3. The predicted octanol–water partition coefficient (Wildman–Crippen LogP) is 2.05. The minimum Gasteiger partial charge on any atom is -0.492 e. The van der Waals surface area contributed by atoms with Gasteiger partial charge < -0.3 is 9.72 Å². The number of ether oxygens (including phenoxy) is 1. The zero-order valence-corrected chi connectivity index (χ0v) is 13.2. The molecule has 1 aromatic carbocycles. The number of H-pyrrole nitrogens is 1. The van der Waals surface area contributed by atoms with Crippen molar-refractivity contribution in [3.05, 3.63) is 40.9 Å². The minimum absolute atomic E-state index is 0.105. The van der Waals surface area contributed by atoms with Crippen LogP contribution in [0.1, 0.15) is 12.6 Å². The number of benzene rings is 1. The molecule has 0 radical (unpaired) electrons. The lowest BCUT2D eigenvalue weighted by molar-refractivity contribution is 0.331. The highest BCUT2D eigenvalue weighted by atomic mass is 79.9. The largest absolute Gasteiger partial charge is 0.492 e. The molecule has 20 heavy (non-hydrogen) atoms. The van der Waals surface area contributed by atoms with Crippen LogP contribution in [0.25, 0.3) is 0 Å². The molecule has 2 rings (SSSR count). The molecule has 0 saturated carbocycles. The number of aromatic amines is 1. The summed E-state index contributed by atoms with van der Waals surface area (Å²) in [5.41, 5.74) is 0.682. The van der Waals surface area contributed by atoms with Gasteiger partial charge in [0.15, 0.2) is 0 Å². The minimum atomic E-state index is -3.66. The van der Waals surface area contributed by atoms with Crippen LogP contribution in [0.5, 0.6) is 5.75 Å². The van der Waals surface area contributed by atoms with Gasteiger partial charge in [-0.2, -0.15) is 0 Å². The Morgan fingerprint density at radius 3 is 2.90 bits per heavy atom. The van der Waals surface area contributed by atoms with E-state index in [2.05, 4.69) is 30.6 Å². The van der Waals surface area contributed by atoms with Gasteiger partial charge in [0.2, 0.25) is 10.0 Å². The molecule has 2 aromatic rings. The van der Waals surface area contributed by atoms with Crippen LogP contribution in [-0.4, -0.2) is 25.0 Å². The first kappa shape index (κ1) is 15.0. The number of imidazole rings is 1. The van der Waals surface area contributed by atoms with Crippen LogP contribution in [0, 0.1) is 0 Å². The maximum Gasteiger partial charge on any atom is 0.244 e. The number of hydrogen-bond acceptors (Lipinski definition) is 4. The van der Waals surface area contributed by atoms with Crippen LogP contribution in [0.2, 0.25) is 0 Å². The molecule has 0 amide bonds. The van der Waals surface area contributed by atoms with E-state index in [0.29, 0.717) is 22.5 Å². The first-order chi connectivity index (χ1) is 9.53. The SMILES string of the molecule is CCOc1ccc(Br)cc1S(=O)(=O)NCc1cnc[nH]1. The number of nitrogens with zero attached hydrogens (tertiary/aromatic N) is 1. The molecule has 0 aliphatic rings. The van der Waals surface area contributed by atoms with Crippen LogP contribution in [0.3, 0.4) is 0 Å². The van der Waals surface area contributed by atoms with E-state index in [1.54, 1.807) is 25.3 Å². The summed E-state index contributed by atoms with van der Waals surface area (Å²) in [7, 11) is -3.66. The van der Waals surface area contributed by atoms with E-state index in [1.807, 2.05) is 0 Å². The van der Waals surface area contributed by atoms with Gasteiger partial charge in [0, 0.05) is 16.4 Å². The molecule has 2 N–H and O–H groups in total. The monoisotopic (exact) mass is 359 g/mol. The fourth-order valence-electron chi connectivity index (χ4n) is 1.60. The number of aromatic nitrogens is 2. The van der Waals surface area contributed by atoms with Crippen LogP contribution < -0.4 is 9.46 Å². The zero-order chi connectivity index (χ0) is 14.6. The van der Waals surface area contributed by atoms with Gasteiger partial charge in [-0.1, -0.05) is 15.9 Å². The Kier molecular flexibility index (Phi) is 4.79. The molecule has 108 valence electrons. The molecular formula is C12H14BrN3O3S. The topological polar surface area (TPSA) is 84.1 Å². The first-order valence-electron chi connectivity index (χ1n) is 5.92. The molecule has 0 aliphatic heterocycles. The van der Waals surface area contributed by atoms with Crippen LogP contribution >= 0.6 is 15.9 Å². The normalized spacial score (nSPS) is 11.5. The van der Waals surface area contributed by atoms with Gasteiger partial charge in [-0.3, -0.25) is 0 Å². The van der Waals surface area contributed by atoms with Crippen LogP contribution in [0.4, 0.5) is 0 Å². The second kappa shape index (κ2) is 6.38. The fraction of sp³-hybridized carbons (Fsp3) is 0.250. The molecule has 1 aromatic heterocycles. The van der Waals surface area contributed by atoms with Gasteiger partial charge >= 0.3 is 0 Å². The lowest BCUT2D eigenvalue weighted by Crippen LogP contribution is -2.24. The van der Waals surface area contributed by atoms with E-state index in [9.17, 15) is 8.42 Å². The van der Waals surface area contributed by atoms with E-state index in [4.69, 9.17) is 4.74 Å². The van der Waals surface area contributed by atoms with E-state index in [-0.39, 0.29) is 11.4 Å². The summed E-state index contributed by atoms with van der Waals surface area (Å²) >= 11 is 3.27. The smallest absolute Gasteiger partial charge is 0.244 e. The van der Waals surface area contributed by atoms with Gasteiger partial charge in [-0.25, -0.2) is 18.1 Å². The molecule has 6 nitrogen and oxygen atoms in total. The standard InChI is InChI=1S/C12H14BrN3O3S/c1-2-19-11-4-3-9(13)5-12(11)20(17,18)16-7-10-6-14-8-15-10/h3-6,8,16H,2,7H2,1H3,(H,14,15). The summed E-state index contributed by atoms with van der Waals surface area (Å²) in [5.74, 6) is 0.327. The third-order valence-corrected chi connectivity index (χ3v) is 4.42. The number of sulfonamides is 1. The van der Waals surface area contributed by atoms with Crippen molar-refractivity contribution < 1.29 is 13.2 Å². The average Bonchev–Trinajstić information content (AvgIpc) is 2.92. The van der Waals surface area contributed by atoms with Crippen molar-refractivity contribution in [1.29, 1.82) is 0 Å². The molecule has 0 spiro atoms. The van der Waals surface area contributed by atoms with E-state index < -0.39 is 10.0 Å². The molecule has 0 bridgehead atoms. The highest BCUT2D eigenvalue weighted by molar-refractivity contribution is 9.10. The van der Waals surface area contributed by atoms with Gasteiger partial charge in [0.1, 0.15) is 10.6 Å². The molecule has 0 atom stereocenters. The maximum atomic E-state index is 12.3. The van der Waals surface area contributed by atoms with Crippen LogP contribution in [0.15, 0.2) is 40.1 Å². The summed E-state index contributed by atoms with van der Waals surface area (Å²) in [6, 6.07) is 4.87. The average molecular weight is 360 g/mol. The zero-order valence-electron chi connectivity index (χ0n) is 10.8. The molecule has 0 saturated heterocycles. The second-order valence-electron chi connectivity index (χ2n) is 3.93. The fourth-order valence-corrected chi connectivity index (χ4v) is 3.29. The number of halogens is 1. The van der Waals surface area contributed by atoms with Gasteiger partial charge in [-0.05, 0) is 25.1 Å². The van der Waals surface area contributed by atoms with E-state index >= 15 is 0 Å². The third kappa shape index (κ3) is 3.59. The van der Waals surface area contributed by atoms with Crippen molar-refractivity contribution in [2.24, 2.45) is 0 Å². The first-order valence-corrected chi connectivity index (χ1v) is 8.20. The molecule has 0 fully saturated rings. The number of rotatable bonds is 6. The van der Waals surface area contributed by atoms with Gasteiger partial charge in [0.25, 0.3) is 0 Å². The Bertz CT molecular complexity index is 671. The molecule has 1 heterocycles. The Morgan fingerprint density at radius 1 is 1.45 bits per heavy atom. The number of hydrogen-bond donors (Lipinski definition) is 2. The predicted molar refractivity (Wildman–Crippen MR) is 77.9 cm³/mol. The molecule has 0 aliphatic carbocycles. The summed E-state index contributed by atoms with van der Waals surface area (Å²) in [6.45, 7) is 2.33. The highest BCUT2D eigenvalue weighted by Crippen LogP contribution is 2.27. The lowest BCUT2D eigenvalue weighted by Gasteiger charge is -2.12. The summed E-state index contributed by atoms with van der Waals surface area (Å²) in [5, 5.41) is 0. The summed E-state index contributed by atoms with van der Waals surface area (Å²) in [4.78, 5) is 6.77. The van der Waals surface area contributed by atoms with Gasteiger partial charge in [-0.15, -0.1) is 0 Å². The van der Waals surface area contributed by atoms with Crippen molar-refractivity contribution >= 4 is 26.0 Å². The van der Waals surface area contributed by atoms with Crippen molar-refractivity contribution in [3.8, 4) is 5.75 Å². The quantitative estimate of drug-likeness (QED) is 0.826. The Balaban J connectivity index is 2.26. The molecule has 0 unspecified atom stereocenters. The van der Waals surface area contributed by atoms with E-state index in [0.717, 1.165) is 0 Å². The summed E-state index contributed by atoms with van der Waals surface area (Å²) in [6.07, 6.45) is 3.06. The third-order valence-electron chi connectivity index (χ3n) is 2.50. The Labute approximate surface area is 125 Å². The van der Waals surface area contributed by atoms with E-state index in [1.165, 1.54) is 12.4 Å². The Hall–Kier alpha value is -1.38. The second-order valence-corrected chi connectivity index (χ2v) is 6.58. The van der Waals surface area contributed by atoms with Crippen molar-refractivity contribution in [2.75, 3.05) is 6.61 Å². The Morgan fingerprint density at radius 2 is 2.25 bits per heavy atom. The molecular weight excluding hydrogens is 346 g/mol.